The maximum Gasteiger partial charge on any atom is 0.421 e. The summed E-state index contributed by atoms with van der Waals surface area (Å²) in [6.45, 7) is 1.20. The van der Waals surface area contributed by atoms with E-state index in [2.05, 4.69) is 5.32 Å². The third-order valence-corrected chi connectivity index (χ3v) is 4.40. The molecular weight excluding hydrogens is 363 g/mol. The third kappa shape index (κ3) is 4.13. The van der Waals surface area contributed by atoms with E-state index in [0.717, 1.165) is 11.6 Å². The molecule has 1 saturated heterocycles. The zero-order valence-corrected chi connectivity index (χ0v) is 14.5. The summed E-state index contributed by atoms with van der Waals surface area (Å²) in [6.07, 6.45) is -4.76. The topological polar surface area (TPSA) is 74.4 Å². The lowest BCUT2D eigenvalue weighted by Crippen LogP contribution is -2.48. The Morgan fingerprint density at radius 2 is 2.04 bits per heavy atom. The Bertz CT molecular complexity index is 895. The first-order chi connectivity index (χ1) is 12.8. The van der Waals surface area contributed by atoms with Gasteiger partial charge >= 0.3 is 6.18 Å². The van der Waals surface area contributed by atoms with Crippen LogP contribution in [-0.2, 0) is 6.18 Å². The molecule has 9 heteroatoms. The van der Waals surface area contributed by atoms with Crippen LogP contribution < -0.4 is 15.6 Å². The van der Waals surface area contributed by atoms with Crippen LogP contribution in [0.15, 0.2) is 41.2 Å². The highest BCUT2D eigenvalue weighted by molar-refractivity contribution is 5.92. The SMILES string of the molecule is COc1cccc(C2CN(C(=O)c3ccc(C(F)(F)F)c(=O)[nH]3)CCN2)c1. The van der Waals surface area contributed by atoms with Gasteiger partial charge in [-0.05, 0) is 29.8 Å². The number of methoxy groups -OCH3 is 1. The molecule has 27 heavy (non-hydrogen) atoms. The van der Waals surface area contributed by atoms with Gasteiger partial charge in [-0.25, -0.2) is 0 Å². The number of carbonyl (C=O) groups is 1. The molecule has 1 aliphatic rings. The Hall–Kier alpha value is -2.81. The Labute approximate surface area is 152 Å². The third-order valence-electron chi connectivity index (χ3n) is 4.40. The maximum atomic E-state index is 12.7. The average molecular weight is 381 g/mol. The van der Waals surface area contributed by atoms with Crippen LogP contribution in [0.5, 0.6) is 5.75 Å². The van der Waals surface area contributed by atoms with Gasteiger partial charge in [0.15, 0.2) is 0 Å². The van der Waals surface area contributed by atoms with E-state index in [-0.39, 0.29) is 11.7 Å². The number of amides is 1. The number of nitrogens with zero attached hydrogens (tertiary/aromatic N) is 1. The van der Waals surface area contributed by atoms with Gasteiger partial charge in [-0.1, -0.05) is 12.1 Å². The van der Waals surface area contributed by atoms with Gasteiger partial charge in [0.1, 0.15) is 17.0 Å². The van der Waals surface area contributed by atoms with Crippen molar-refractivity contribution in [3.63, 3.8) is 0 Å². The highest BCUT2D eigenvalue weighted by Crippen LogP contribution is 2.26. The van der Waals surface area contributed by atoms with E-state index >= 15 is 0 Å². The quantitative estimate of drug-likeness (QED) is 0.855. The molecule has 6 nitrogen and oxygen atoms in total. The molecule has 3 rings (SSSR count). The molecule has 2 N–H and O–H groups in total. The Kier molecular flexibility index (Phi) is 5.22. The van der Waals surface area contributed by atoms with Crippen molar-refractivity contribution in [3.8, 4) is 5.75 Å². The van der Waals surface area contributed by atoms with Crippen LogP contribution in [0.1, 0.15) is 27.7 Å². The number of piperazine rings is 1. The normalized spacial score (nSPS) is 17.6. The number of benzene rings is 1. The van der Waals surface area contributed by atoms with Gasteiger partial charge in [-0.2, -0.15) is 13.2 Å². The number of H-pyrrole nitrogens is 1. The second kappa shape index (κ2) is 7.43. The number of alkyl halides is 3. The molecule has 0 radical (unpaired) electrons. The molecule has 1 aromatic carbocycles. The molecule has 0 spiro atoms. The highest BCUT2D eigenvalue weighted by atomic mass is 19.4. The van der Waals surface area contributed by atoms with Crippen LogP contribution in [0, 0.1) is 0 Å². The zero-order chi connectivity index (χ0) is 19.6. The Morgan fingerprint density at radius 3 is 2.70 bits per heavy atom. The van der Waals surface area contributed by atoms with Gasteiger partial charge in [0.05, 0.1) is 13.2 Å². The summed E-state index contributed by atoms with van der Waals surface area (Å²) >= 11 is 0. The molecule has 1 atom stereocenters. The van der Waals surface area contributed by atoms with Crippen molar-refractivity contribution in [2.24, 2.45) is 0 Å². The minimum atomic E-state index is -4.76. The van der Waals surface area contributed by atoms with E-state index in [9.17, 15) is 22.8 Å². The number of rotatable bonds is 3. The van der Waals surface area contributed by atoms with Gasteiger partial charge in [-0.3, -0.25) is 9.59 Å². The minimum absolute atomic E-state index is 0.154. The van der Waals surface area contributed by atoms with Crippen molar-refractivity contribution in [3.05, 3.63) is 63.6 Å². The predicted octanol–water partition coefficient (Wildman–Crippen LogP) is 2.19. The van der Waals surface area contributed by atoms with Crippen LogP contribution >= 0.6 is 0 Å². The van der Waals surface area contributed by atoms with Crippen molar-refractivity contribution in [2.45, 2.75) is 12.2 Å². The van der Waals surface area contributed by atoms with Crippen molar-refractivity contribution < 1.29 is 22.7 Å². The van der Waals surface area contributed by atoms with E-state index < -0.39 is 23.2 Å². The maximum absolute atomic E-state index is 12.7. The number of halogens is 3. The number of hydrogen-bond acceptors (Lipinski definition) is 4. The first kappa shape index (κ1) is 19.0. The summed E-state index contributed by atoms with van der Waals surface area (Å²) in [5.74, 6) is 0.167. The smallest absolute Gasteiger partial charge is 0.421 e. The predicted molar refractivity (Wildman–Crippen MR) is 91.7 cm³/mol. The summed E-state index contributed by atoms with van der Waals surface area (Å²) in [6, 6.07) is 8.87. The first-order valence-electron chi connectivity index (χ1n) is 8.26. The Morgan fingerprint density at radius 1 is 1.26 bits per heavy atom. The van der Waals surface area contributed by atoms with Crippen LogP contribution in [0.25, 0.3) is 0 Å². The molecule has 2 heterocycles. The molecular formula is C18H18F3N3O3. The first-order valence-corrected chi connectivity index (χ1v) is 8.26. The number of nitrogens with one attached hydrogen (secondary N) is 2. The van der Waals surface area contributed by atoms with Crippen molar-refractivity contribution >= 4 is 5.91 Å². The lowest BCUT2D eigenvalue weighted by Gasteiger charge is -2.34. The summed E-state index contributed by atoms with van der Waals surface area (Å²) in [7, 11) is 1.56. The molecule has 1 unspecified atom stereocenters. The van der Waals surface area contributed by atoms with Crippen LogP contribution in [0.2, 0.25) is 0 Å². The second-order valence-corrected chi connectivity index (χ2v) is 6.15. The summed E-state index contributed by atoms with van der Waals surface area (Å²) in [5, 5.41) is 3.29. The van der Waals surface area contributed by atoms with Crippen molar-refractivity contribution in [1.82, 2.24) is 15.2 Å². The Balaban J connectivity index is 1.79. The van der Waals surface area contributed by atoms with Gasteiger partial charge in [-0.15, -0.1) is 0 Å². The molecule has 2 aromatic rings. The minimum Gasteiger partial charge on any atom is -0.497 e. The number of aromatic amines is 1. The van der Waals surface area contributed by atoms with Gasteiger partial charge in [0.25, 0.3) is 11.5 Å². The molecule has 1 fully saturated rings. The number of carbonyl (C=O) groups excluding carboxylic acids is 1. The fourth-order valence-electron chi connectivity index (χ4n) is 3.01. The summed E-state index contributed by atoms with van der Waals surface area (Å²) in [4.78, 5) is 27.8. The van der Waals surface area contributed by atoms with E-state index in [1.807, 2.05) is 29.2 Å². The van der Waals surface area contributed by atoms with Gasteiger partial charge < -0.3 is 19.9 Å². The van der Waals surface area contributed by atoms with Gasteiger partial charge in [0.2, 0.25) is 0 Å². The van der Waals surface area contributed by atoms with E-state index in [1.54, 1.807) is 7.11 Å². The van der Waals surface area contributed by atoms with Crippen LogP contribution in [-0.4, -0.2) is 42.5 Å². The molecule has 0 saturated carbocycles. The summed E-state index contributed by atoms with van der Waals surface area (Å²) in [5.41, 5.74) is -1.89. The number of hydrogen-bond donors (Lipinski definition) is 2. The molecule has 0 aliphatic carbocycles. The zero-order valence-electron chi connectivity index (χ0n) is 14.5. The molecule has 1 amide bonds. The highest BCUT2D eigenvalue weighted by Gasteiger charge is 2.34. The van der Waals surface area contributed by atoms with E-state index in [0.29, 0.717) is 31.5 Å². The van der Waals surface area contributed by atoms with E-state index in [4.69, 9.17) is 4.74 Å². The standard InChI is InChI=1S/C18H18F3N3O3/c1-27-12-4-2-3-11(9-12)15-10-24(8-7-22-15)17(26)14-6-5-13(16(25)23-14)18(19,20)21/h2-6,9,15,22H,7-8,10H2,1H3,(H,23,25). The molecule has 0 bridgehead atoms. The van der Waals surface area contributed by atoms with E-state index in [1.165, 1.54) is 4.90 Å². The number of ether oxygens (including phenoxy) is 1. The second-order valence-electron chi connectivity index (χ2n) is 6.15. The molecule has 1 aromatic heterocycles. The van der Waals surface area contributed by atoms with Crippen LogP contribution in [0.4, 0.5) is 13.2 Å². The average Bonchev–Trinajstić information content (AvgIpc) is 2.66. The number of pyridine rings is 1. The fourth-order valence-corrected chi connectivity index (χ4v) is 3.01. The fraction of sp³-hybridized carbons (Fsp3) is 0.333. The van der Waals surface area contributed by atoms with Gasteiger partial charge in [0, 0.05) is 19.6 Å². The van der Waals surface area contributed by atoms with Crippen molar-refractivity contribution in [1.29, 1.82) is 0 Å². The largest absolute Gasteiger partial charge is 0.497 e. The lowest BCUT2D eigenvalue weighted by molar-refractivity contribution is -0.138. The lowest BCUT2D eigenvalue weighted by atomic mass is 10.0. The monoisotopic (exact) mass is 381 g/mol. The van der Waals surface area contributed by atoms with Crippen molar-refractivity contribution in [2.75, 3.05) is 26.7 Å². The molecule has 1 aliphatic heterocycles. The summed E-state index contributed by atoms with van der Waals surface area (Å²) < 4.78 is 43.3. The molecule has 144 valence electrons. The van der Waals surface area contributed by atoms with Crippen LogP contribution in [0.3, 0.4) is 0 Å². The number of aromatic nitrogens is 1.